The Bertz CT molecular complexity index is 618. The van der Waals surface area contributed by atoms with Gasteiger partial charge in [-0.1, -0.05) is 49.6 Å². The molecule has 1 N–H and O–H groups in total. The van der Waals surface area contributed by atoms with E-state index >= 15 is 0 Å². The zero-order chi connectivity index (χ0) is 15.4. The molecule has 1 amide bonds. The summed E-state index contributed by atoms with van der Waals surface area (Å²) in [5.74, 6) is 0.502. The van der Waals surface area contributed by atoms with E-state index in [0.29, 0.717) is 11.9 Å². The average molecular weight is 299 g/mol. The second-order valence-corrected chi connectivity index (χ2v) is 5.82. The summed E-state index contributed by atoms with van der Waals surface area (Å²) in [5.41, 5.74) is 0.897. The molecule has 1 unspecified atom stereocenters. The smallest absolute Gasteiger partial charge is 0.246 e. The highest BCUT2D eigenvalue weighted by Gasteiger charge is 2.22. The van der Waals surface area contributed by atoms with Crippen molar-refractivity contribution in [1.82, 2.24) is 25.5 Å². The standard InChI is InChI=1S/C16H21N5O/c1-12(16(22)17-14-10-6-3-7-11-14)21-19-15(18-20-21)13-8-4-2-5-9-13/h2,4-5,8-9,12,14H,3,6-7,10-11H2,1H3,(H,17,22). The Hall–Kier alpha value is -2.24. The van der Waals surface area contributed by atoms with Crippen LogP contribution in [0.5, 0.6) is 0 Å². The number of hydrogen-bond donors (Lipinski definition) is 1. The maximum Gasteiger partial charge on any atom is 0.246 e. The number of nitrogens with zero attached hydrogens (tertiary/aromatic N) is 4. The van der Waals surface area contributed by atoms with Gasteiger partial charge in [0, 0.05) is 11.6 Å². The van der Waals surface area contributed by atoms with Gasteiger partial charge in [0.05, 0.1) is 0 Å². The molecule has 2 aromatic rings. The summed E-state index contributed by atoms with van der Waals surface area (Å²) in [6, 6.07) is 9.48. The molecule has 1 aliphatic carbocycles. The lowest BCUT2D eigenvalue weighted by molar-refractivity contribution is -0.125. The number of tetrazole rings is 1. The second-order valence-electron chi connectivity index (χ2n) is 5.82. The largest absolute Gasteiger partial charge is 0.351 e. The zero-order valence-electron chi connectivity index (χ0n) is 12.8. The fourth-order valence-corrected chi connectivity index (χ4v) is 2.77. The predicted octanol–water partition coefficient (Wildman–Crippen LogP) is 2.35. The molecule has 22 heavy (non-hydrogen) atoms. The Labute approximate surface area is 129 Å². The summed E-state index contributed by atoms with van der Waals surface area (Å²) < 4.78 is 0. The Kier molecular flexibility index (Phi) is 4.46. The van der Waals surface area contributed by atoms with E-state index in [1.54, 1.807) is 6.92 Å². The molecule has 1 aromatic carbocycles. The third kappa shape index (κ3) is 3.32. The molecule has 0 spiro atoms. The van der Waals surface area contributed by atoms with Crippen molar-refractivity contribution in [2.75, 3.05) is 0 Å². The van der Waals surface area contributed by atoms with Gasteiger partial charge in [0.1, 0.15) is 6.04 Å². The lowest BCUT2D eigenvalue weighted by Crippen LogP contribution is -2.40. The molecule has 0 aliphatic heterocycles. The van der Waals surface area contributed by atoms with Crippen molar-refractivity contribution in [3.05, 3.63) is 30.3 Å². The van der Waals surface area contributed by atoms with Crippen LogP contribution in [0.1, 0.15) is 45.1 Å². The summed E-state index contributed by atoms with van der Waals surface area (Å²) in [4.78, 5) is 13.7. The Morgan fingerprint density at radius 3 is 2.68 bits per heavy atom. The quantitative estimate of drug-likeness (QED) is 0.940. The van der Waals surface area contributed by atoms with Gasteiger partial charge in [0.15, 0.2) is 0 Å². The molecule has 6 heteroatoms. The Balaban J connectivity index is 1.65. The van der Waals surface area contributed by atoms with Crippen LogP contribution in [0, 0.1) is 0 Å². The minimum absolute atomic E-state index is 0.0380. The van der Waals surface area contributed by atoms with Crippen molar-refractivity contribution >= 4 is 5.91 Å². The molecule has 3 rings (SSSR count). The van der Waals surface area contributed by atoms with Crippen molar-refractivity contribution in [1.29, 1.82) is 0 Å². The SMILES string of the molecule is CC(C(=O)NC1CCCCC1)n1nnc(-c2ccccc2)n1. The van der Waals surface area contributed by atoms with Gasteiger partial charge in [-0.25, -0.2) is 0 Å². The highest BCUT2D eigenvalue weighted by atomic mass is 16.2. The van der Waals surface area contributed by atoms with Gasteiger partial charge >= 0.3 is 0 Å². The number of amides is 1. The Morgan fingerprint density at radius 1 is 1.23 bits per heavy atom. The van der Waals surface area contributed by atoms with Gasteiger partial charge in [-0.05, 0) is 25.0 Å². The molecular weight excluding hydrogens is 278 g/mol. The van der Waals surface area contributed by atoms with Gasteiger partial charge in [-0.15, -0.1) is 10.2 Å². The molecule has 1 aromatic heterocycles. The van der Waals surface area contributed by atoms with Crippen molar-refractivity contribution in [3.8, 4) is 11.4 Å². The van der Waals surface area contributed by atoms with Crippen LogP contribution in [0.15, 0.2) is 30.3 Å². The van der Waals surface area contributed by atoms with E-state index < -0.39 is 6.04 Å². The molecule has 1 atom stereocenters. The molecule has 1 fully saturated rings. The van der Waals surface area contributed by atoms with E-state index in [4.69, 9.17) is 0 Å². The maximum atomic E-state index is 12.3. The summed E-state index contributed by atoms with van der Waals surface area (Å²) in [7, 11) is 0. The number of rotatable bonds is 4. The fraction of sp³-hybridized carbons (Fsp3) is 0.500. The highest BCUT2D eigenvalue weighted by molar-refractivity contribution is 5.79. The monoisotopic (exact) mass is 299 g/mol. The average Bonchev–Trinajstić information content (AvgIpc) is 3.06. The minimum atomic E-state index is -0.452. The molecular formula is C16H21N5O. The topological polar surface area (TPSA) is 72.7 Å². The summed E-state index contributed by atoms with van der Waals surface area (Å²) in [6.45, 7) is 1.80. The van der Waals surface area contributed by atoms with Crippen LogP contribution in [0.3, 0.4) is 0 Å². The first-order chi connectivity index (χ1) is 10.7. The molecule has 0 radical (unpaired) electrons. The van der Waals surface area contributed by atoms with Crippen LogP contribution in [0.2, 0.25) is 0 Å². The van der Waals surface area contributed by atoms with E-state index in [-0.39, 0.29) is 5.91 Å². The van der Waals surface area contributed by atoms with E-state index in [0.717, 1.165) is 18.4 Å². The van der Waals surface area contributed by atoms with Crippen molar-refractivity contribution in [3.63, 3.8) is 0 Å². The lowest BCUT2D eigenvalue weighted by Gasteiger charge is -2.24. The first kappa shape index (κ1) is 14.7. The minimum Gasteiger partial charge on any atom is -0.351 e. The van der Waals surface area contributed by atoms with E-state index in [1.807, 2.05) is 30.3 Å². The maximum absolute atomic E-state index is 12.3. The highest BCUT2D eigenvalue weighted by Crippen LogP contribution is 2.18. The molecule has 6 nitrogen and oxygen atoms in total. The second kappa shape index (κ2) is 6.68. The van der Waals surface area contributed by atoms with Crippen LogP contribution in [-0.2, 0) is 4.79 Å². The van der Waals surface area contributed by atoms with Crippen molar-refractivity contribution in [2.45, 2.75) is 51.1 Å². The first-order valence-corrected chi connectivity index (χ1v) is 7.89. The van der Waals surface area contributed by atoms with Crippen molar-refractivity contribution < 1.29 is 4.79 Å². The number of carbonyl (C=O) groups excluding carboxylic acids is 1. The predicted molar refractivity (Wildman–Crippen MR) is 83.0 cm³/mol. The van der Waals surface area contributed by atoms with E-state index in [1.165, 1.54) is 24.1 Å². The number of carbonyl (C=O) groups is 1. The molecule has 0 saturated heterocycles. The summed E-state index contributed by atoms with van der Waals surface area (Å²) in [6.07, 6.45) is 5.79. The van der Waals surface area contributed by atoms with Gasteiger partial charge in [-0.2, -0.15) is 4.80 Å². The number of nitrogens with one attached hydrogen (secondary N) is 1. The molecule has 1 saturated carbocycles. The van der Waals surface area contributed by atoms with Crippen molar-refractivity contribution in [2.24, 2.45) is 0 Å². The summed E-state index contributed by atoms with van der Waals surface area (Å²) >= 11 is 0. The molecule has 1 aliphatic rings. The fourth-order valence-electron chi connectivity index (χ4n) is 2.77. The third-order valence-electron chi connectivity index (χ3n) is 4.14. The molecule has 1 heterocycles. The third-order valence-corrected chi connectivity index (χ3v) is 4.14. The zero-order valence-corrected chi connectivity index (χ0v) is 12.8. The Morgan fingerprint density at radius 2 is 1.95 bits per heavy atom. The number of hydrogen-bond acceptors (Lipinski definition) is 4. The lowest BCUT2D eigenvalue weighted by atomic mass is 9.95. The van der Waals surface area contributed by atoms with Crippen LogP contribution in [0.4, 0.5) is 0 Å². The van der Waals surface area contributed by atoms with Crippen LogP contribution in [-0.4, -0.2) is 32.2 Å². The van der Waals surface area contributed by atoms with Crippen LogP contribution < -0.4 is 5.32 Å². The van der Waals surface area contributed by atoms with Gasteiger partial charge < -0.3 is 5.32 Å². The van der Waals surface area contributed by atoms with E-state index in [9.17, 15) is 4.79 Å². The normalized spacial score (nSPS) is 17.1. The number of benzene rings is 1. The van der Waals surface area contributed by atoms with Gasteiger partial charge in [-0.3, -0.25) is 4.79 Å². The molecule has 0 bridgehead atoms. The number of aromatic nitrogens is 4. The van der Waals surface area contributed by atoms with Gasteiger partial charge in [0.2, 0.25) is 11.7 Å². The first-order valence-electron chi connectivity index (χ1n) is 7.89. The van der Waals surface area contributed by atoms with Gasteiger partial charge in [0.25, 0.3) is 0 Å². The van der Waals surface area contributed by atoms with Crippen LogP contribution in [0.25, 0.3) is 11.4 Å². The van der Waals surface area contributed by atoms with Crippen LogP contribution >= 0.6 is 0 Å². The summed E-state index contributed by atoms with van der Waals surface area (Å²) in [5, 5.41) is 15.5. The van der Waals surface area contributed by atoms with E-state index in [2.05, 4.69) is 20.7 Å². The molecule has 116 valence electrons.